The van der Waals surface area contributed by atoms with Crippen molar-refractivity contribution in [3.8, 4) is 0 Å². The Labute approximate surface area is 132 Å². The predicted octanol–water partition coefficient (Wildman–Crippen LogP) is 1.40. The molecule has 7 heteroatoms. The van der Waals surface area contributed by atoms with Gasteiger partial charge in [-0.15, -0.1) is 11.3 Å². The standard InChI is InChI=1S/C14H25N3O2S2/c1-15-12-13-5-9-17(10-6-13)21(18,19)16(2)8-7-14-4-3-11-20-14/h3-4,11,13,15H,5-10,12H2,1-2H3. The molecule has 0 aromatic carbocycles. The smallest absolute Gasteiger partial charge is 0.281 e. The van der Waals surface area contributed by atoms with Crippen LogP contribution in [0.15, 0.2) is 17.5 Å². The summed E-state index contributed by atoms with van der Waals surface area (Å²) >= 11 is 1.67. The largest absolute Gasteiger partial charge is 0.319 e. The normalized spacial score (nSPS) is 18.4. The van der Waals surface area contributed by atoms with Crippen LogP contribution in [0.3, 0.4) is 0 Å². The maximum Gasteiger partial charge on any atom is 0.281 e. The molecule has 1 fully saturated rings. The van der Waals surface area contributed by atoms with Gasteiger partial charge in [0.05, 0.1) is 0 Å². The highest BCUT2D eigenvalue weighted by Crippen LogP contribution is 2.20. The summed E-state index contributed by atoms with van der Waals surface area (Å²) in [4.78, 5) is 1.23. The summed E-state index contributed by atoms with van der Waals surface area (Å²) in [7, 11) is 0.326. The second-order valence-corrected chi connectivity index (χ2v) is 8.63. The molecule has 1 aromatic rings. The van der Waals surface area contributed by atoms with Crippen LogP contribution in [0, 0.1) is 5.92 Å². The summed E-state index contributed by atoms with van der Waals surface area (Å²) in [6.07, 6.45) is 2.67. The third-order valence-corrected chi connectivity index (χ3v) is 6.96. The summed E-state index contributed by atoms with van der Waals surface area (Å²) in [6.45, 7) is 2.79. The third kappa shape index (κ3) is 4.50. The van der Waals surface area contributed by atoms with Crippen molar-refractivity contribution in [1.29, 1.82) is 0 Å². The Morgan fingerprint density at radius 2 is 2.14 bits per heavy atom. The van der Waals surface area contributed by atoms with Gasteiger partial charge in [0.15, 0.2) is 0 Å². The molecule has 1 saturated heterocycles. The van der Waals surface area contributed by atoms with Gasteiger partial charge >= 0.3 is 0 Å². The van der Waals surface area contributed by atoms with Crippen LogP contribution >= 0.6 is 11.3 Å². The van der Waals surface area contributed by atoms with Crippen molar-refractivity contribution in [2.45, 2.75) is 19.3 Å². The minimum Gasteiger partial charge on any atom is -0.319 e. The molecule has 0 bridgehead atoms. The lowest BCUT2D eigenvalue weighted by atomic mass is 9.98. The van der Waals surface area contributed by atoms with Gasteiger partial charge in [-0.2, -0.15) is 17.0 Å². The Morgan fingerprint density at radius 3 is 2.71 bits per heavy atom. The van der Waals surface area contributed by atoms with Crippen LogP contribution < -0.4 is 5.32 Å². The first-order valence-corrected chi connectivity index (χ1v) is 9.70. The van der Waals surface area contributed by atoms with Crippen molar-refractivity contribution in [2.75, 3.05) is 40.3 Å². The molecule has 1 N–H and O–H groups in total. The second kappa shape index (κ2) is 7.69. The van der Waals surface area contributed by atoms with Crippen LogP contribution in [0.2, 0.25) is 0 Å². The van der Waals surface area contributed by atoms with E-state index in [1.54, 1.807) is 22.7 Å². The quantitative estimate of drug-likeness (QED) is 0.822. The maximum absolute atomic E-state index is 12.5. The number of thiophene rings is 1. The van der Waals surface area contributed by atoms with E-state index in [0.717, 1.165) is 25.8 Å². The fourth-order valence-electron chi connectivity index (χ4n) is 2.67. The summed E-state index contributed by atoms with van der Waals surface area (Å²) in [5.41, 5.74) is 0. The van der Waals surface area contributed by atoms with Crippen molar-refractivity contribution < 1.29 is 8.42 Å². The molecule has 0 spiro atoms. The van der Waals surface area contributed by atoms with Gasteiger partial charge in [0.2, 0.25) is 0 Å². The van der Waals surface area contributed by atoms with Gasteiger partial charge in [0, 0.05) is 31.6 Å². The van der Waals surface area contributed by atoms with Gasteiger partial charge in [-0.25, -0.2) is 0 Å². The number of nitrogens with zero attached hydrogens (tertiary/aromatic N) is 2. The van der Waals surface area contributed by atoms with Gasteiger partial charge in [-0.1, -0.05) is 6.07 Å². The van der Waals surface area contributed by atoms with Crippen LogP contribution in [-0.2, 0) is 16.6 Å². The molecule has 0 radical (unpaired) electrons. The highest BCUT2D eigenvalue weighted by molar-refractivity contribution is 7.86. The number of hydrogen-bond acceptors (Lipinski definition) is 4. The van der Waals surface area contributed by atoms with Gasteiger partial charge in [0.25, 0.3) is 10.2 Å². The number of rotatable bonds is 7. The van der Waals surface area contributed by atoms with Crippen molar-refractivity contribution in [1.82, 2.24) is 13.9 Å². The molecule has 2 heterocycles. The van der Waals surface area contributed by atoms with Crippen molar-refractivity contribution in [2.24, 2.45) is 5.92 Å². The van der Waals surface area contributed by atoms with Crippen molar-refractivity contribution in [3.63, 3.8) is 0 Å². The summed E-state index contributed by atoms with van der Waals surface area (Å²) in [5.74, 6) is 0.595. The molecular weight excluding hydrogens is 306 g/mol. The van der Waals surface area contributed by atoms with E-state index in [0.29, 0.717) is 25.6 Å². The predicted molar refractivity (Wildman–Crippen MR) is 87.8 cm³/mol. The molecule has 5 nitrogen and oxygen atoms in total. The van der Waals surface area contributed by atoms with Crippen molar-refractivity contribution >= 4 is 21.5 Å². The minimum absolute atomic E-state index is 0.541. The van der Waals surface area contributed by atoms with Gasteiger partial charge in [-0.3, -0.25) is 0 Å². The topological polar surface area (TPSA) is 52.7 Å². The molecule has 0 saturated carbocycles. The van der Waals surface area contributed by atoms with E-state index in [1.165, 1.54) is 9.18 Å². The van der Waals surface area contributed by atoms with Crippen LogP contribution in [0.5, 0.6) is 0 Å². The molecule has 1 aliphatic heterocycles. The van der Waals surface area contributed by atoms with Gasteiger partial charge < -0.3 is 5.32 Å². The molecule has 1 aliphatic rings. The Balaban J connectivity index is 1.86. The summed E-state index contributed by atoms with van der Waals surface area (Å²) in [5, 5.41) is 5.20. The minimum atomic E-state index is -3.30. The first kappa shape index (κ1) is 16.9. The van der Waals surface area contributed by atoms with Crippen molar-refractivity contribution in [3.05, 3.63) is 22.4 Å². The van der Waals surface area contributed by atoms with E-state index in [2.05, 4.69) is 5.32 Å². The molecule has 0 unspecified atom stereocenters. The Bertz CT molecular complexity index is 508. The molecule has 2 rings (SSSR count). The molecule has 0 aliphatic carbocycles. The van der Waals surface area contributed by atoms with E-state index in [9.17, 15) is 8.42 Å². The third-order valence-electron chi connectivity index (χ3n) is 4.04. The zero-order valence-electron chi connectivity index (χ0n) is 12.8. The number of nitrogens with one attached hydrogen (secondary N) is 1. The number of hydrogen-bond donors (Lipinski definition) is 1. The lowest BCUT2D eigenvalue weighted by Gasteiger charge is -2.33. The van der Waals surface area contributed by atoms with Crippen LogP contribution in [0.4, 0.5) is 0 Å². The lowest BCUT2D eigenvalue weighted by Crippen LogP contribution is -2.47. The number of likely N-dealkylation sites (N-methyl/N-ethyl adjacent to an activating group) is 1. The maximum atomic E-state index is 12.5. The number of piperidine rings is 1. The van der Waals surface area contributed by atoms with E-state index in [1.807, 2.05) is 24.6 Å². The SMILES string of the molecule is CNCC1CCN(S(=O)(=O)N(C)CCc2cccs2)CC1. The monoisotopic (exact) mass is 331 g/mol. The van der Waals surface area contributed by atoms with E-state index in [-0.39, 0.29) is 0 Å². The fraction of sp³-hybridized carbons (Fsp3) is 0.714. The first-order valence-electron chi connectivity index (χ1n) is 7.42. The molecule has 0 atom stereocenters. The Morgan fingerprint density at radius 1 is 1.43 bits per heavy atom. The fourth-order valence-corrected chi connectivity index (χ4v) is 4.75. The molecular formula is C14H25N3O2S2. The summed E-state index contributed by atoms with van der Waals surface area (Å²) in [6, 6.07) is 4.05. The zero-order valence-corrected chi connectivity index (χ0v) is 14.4. The first-order chi connectivity index (χ1) is 10.0. The summed E-state index contributed by atoms with van der Waals surface area (Å²) < 4.78 is 28.2. The van der Waals surface area contributed by atoms with E-state index < -0.39 is 10.2 Å². The molecule has 21 heavy (non-hydrogen) atoms. The van der Waals surface area contributed by atoms with Crippen LogP contribution in [0.1, 0.15) is 17.7 Å². The average Bonchev–Trinajstić information content (AvgIpc) is 2.99. The zero-order chi connectivity index (χ0) is 15.3. The van der Waals surface area contributed by atoms with Gasteiger partial charge in [-0.05, 0) is 50.2 Å². The molecule has 1 aromatic heterocycles. The van der Waals surface area contributed by atoms with Crippen LogP contribution in [0.25, 0.3) is 0 Å². The average molecular weight is 332 g/mol. The second-order valence-electron chi connectivity index (χ2n) is 5.56. The lowest BCUT2D eigenvalue weighted by molar-refractivity contribution is 0.256. The Kier molecular flexibility index (Phi) is 6.19. The van der Waals surface area contributed by atoms with Gasteiger partial charge in [0.1, 0.15) is 0 Å². The molecule has 120 valence electrons. The van der Waals surface area contributed by atoms with E-state index in [4.69, 9.17) is 0 Å². The highest BCUT2D eigenvalue weighted by Gasteiger charge is 2.30. The highest BCUT2D eigenvalue weighted by atomic mass is 32.2. The van der Waals surface area contributed by atoms with Crippen LogP contribution in [-0.4, -0.2) is 57.3 Å². The van der Waals surface area contributed by atoms with E-state index >= 15 is 0 Å². The Hall–Kier alpha value is -0.470. The molecule has 0 amide bonds.